The van der Waals surface area contributed by atoms with Gasteiger partial charge in [-0.2, -0.15) is 0 Å². The molecule has 0 saturated carbocycles. The van der Waals surface area contributed by atoms with Gasteiger partial charge in [0.2, 0.25) is 0 Å². The highest BCUT2D eigenvalue weighted by atomic mass is 35.5. The summed E-state index contributed by atoms with van der Waals surface area (Å²) in [6, 6.07) is 4.52. The number of carbonyl (C=O) groups excluding carboxylic acids is 2. The Morgan fingerprint density at radius 2 is 2.13 bits per heavy atom. The van der Waals surface area contributed by atoms with E-state index in [2.05, 4.69) is 10.6 Å². The number of amides is 3. The molecule has 1 fully saturated rings. The Hall–Kier alpha value is -2.28. The highest BCUT2D eigenvalue weighted by Gasteiger charge is 2.24. The number of carbonyl (C=O) groups is 3. The van der Waals surface area contributed by atoms with Crippen molar-refractivity contribution in [3.8, 4) is 0 Å². The van der Waals surface area contributed by atoms with Gasteiger partial charge in [-0.15, -0.1) is 0 Å². The van der Waals surface area contributed by atoms with Crippen LogP contribution in [0.4, 0.5) is 10.5 Å². The highest BCUT2D eigenvalue weighted by Crippen LogP contribution is 2.28. The van der Waals surface area contributed by atoms with Gasteiger partial charge in [0, 0.05) is 31.6 Å². The van der Waals surface area contributed by atoms with Crippen LogP contribution < -0.4 is 15.5 Å². The first-order valence-corrected chi connectivity index (χ1v) is 7.72. The fourth-order valence-electron chi connectivity index (χ4n) is 2.27. The molecule has 0 aliphatic carbocycles. The molecular formula is C15H18ClN3O4. The van der Waals surface area contributed by atoms with E-state index >= 15 is 0 Å². The lowest BCUT2D eigenvalue weighted by Gasteiger charge is -2.17. The molecule has 2 rings (SSSR count). The quantitative estimate of drug-likeness (QED) is 0.660. The van der Waals surface area contributed by atoms with E-state index in [1.807, 2.05) is 0 Å². The maximum Gasteiger partial charge on any atom is 0.322 e. The minimum absolute atomic E-state index is 0.0883. The largest absolute Gasteiger partial charge is 0.481 e. The molecule has 0 bridgehead atoms. The second kappa shape index (κ2) is 7.82. The Kier molecular flexibility index (Phi) is 5.81. The van der Waals surface area contributed by atoms with Gasteiger partial charge in [-0.3, -0.25) is 14.5 Å². The summed E-state index contributed by atoms with van der Waals surface area (Å²) in [4.78, 5) is 35.7. The summed E-state index contributed by atoms with van der Waals surface area (Å²) in [5.41, 5.74) is 0.905. The second-order valence-electron chi connectivity index (χ2n) is 5.16. The molecule has 1 aliphatic heterocycles. The maximum atomic E-state index is 12.1. The molecule has 3 amide bonds. The van der Waals surface area contributed by atoms with Crippen LogP contribution in [0.2, 0.25) is 5.02 Å². The van der Waals surface area contributed by atoms with E-state index in [0.29, 0.717) is 48.7 Å². The van der Waals surface area contributed by atoms with Gasteiger partial charge in [-0.25, -0.2) is 4.79 Å². The molecule has 1 aromatic carbocycles. The number of hydrogen-bond donors (Lipinski definition) is 3. The smallest absolute Gasteiger partial charge is 0.322 e. The number of unbranched alkanes of at least 4 members (excludes halogenated alkanes) is 1. The van der Waals surface area contributed by atoms with Crippen LogP contribution >= 0.6 is 11.6 Å². The number of hydrogen-bond acceptors (Lipinski definition) is 3. The van der Waals surface area contributed by atoms with E-state index in [9.17, 15) is 14.4 Å². The number of anilines is 1. The number of urea groups is 1. The zero-order valence-corrected chi connectivity index (χ0v) is 13.2. The number of aliphatic carboxylic acids is 1. The Morgan fingerprint density at radius 3 is 2.78 bits per heavy atom. The van der Waals surface area contributed by atoms with E-state index in [1.165, 1.54) is 4.90 Å². The summed E-state index contributed by atoms with van der Waals surface area (Å²) in [6.07, 6.45) is 1.19. The zero-order chi connectivity index (χ0) is 16.8. The lowest BCUT2D eigenvalue weighted by atomic mass is 10.1. The fraction of sp³-hybridized carbons (Fsp3) is 0.400. The number of nitrogens with zero attached hydrogens (tertiary/aromatic N) is 1. The molecule has 7 nitrogen and oxygen atoms in total. The minimum atomic E-state index is -0.845. The van der Waals surface area contributed by atoms with Crippen molar-refractivity contribution in [3.05, 3.63) is 28.8 Å². The summed E-state index contributed by atoms with van der Waals surface area (Å²) >= 11 is 6.11. The molecule has 1 aliphatic rings. The van der Waals surface area contributed by atoms with Crippen LogP contribution in [-0.2, 0) is 4.79 Å². The Labute approximate surface area is 138 Å². The molecule has 124 valence electrons. The summed E-state index contributed by atoms with van der Waals surface area (Å²) in [5, 5.41) is 14.4. The van der Waals surface area contributed by atoms with Crippen molar-refractivity contribution in [1.29, 1.82) is 0 Å². The molecule has 1 saturated heterocycles. The molecule has 1 heterocycles. The predicted molar refractivity (Wildman–Crippen MR) is 86.0 cm³/mol. The second-order valence-corrected chi connectivity index (χ2v) is 5.56. The molecule has 0 spiro atoms. The monoisotopic (exact) mass is 339 g/mol. The average Bonchev–Trinajstić information content (AvgIpc) is 2.93. The molecule has 23 heavy (non-hydrogen) atoms. The Balaban J connectivity index is 1.95. The first-order chi connectivity index (χ1) is 11.0. The Morgan fingerprint density at radius 1 is 1.35 bits per heavy atom. The van der Waals surface area contributed by atoms with Crippen LogP contribution in [0.15, 0.2) is 18.2 Å². The van der Waals surface area contributed by atoms with Crippen LogP contribution in [0.3, 0.4) is 0 Å². The van der Waals surface area contributed by atoms with Crippen LogP contribution in [-0.4, -0.2) is 42.6 Å². The third kappa shape index (κ3) is 4.59. The first kappa shape index (κ1) is 17.1. The molecule has 1 aromatic rings. The molecule has 8 heteroatoms. The SMILES string of the molecule is O=C(O)CCCCNC(=O)c1ccc(Cl)c(N2CCNC2=O)c1. The molecular weight excluding hydrogens is 322 g/mol. The Bertz CT molecular complexity index is 621. The highest BCUT2D eigenvalue weighted by molar-refractivity contribution is 6.34. The van der Waals surface area contributed by atoms with Crippen molar-refractivity contribution >= 4 is 35.2 Å². The third-order valence-corrected chi connectivity index (χ3v) is 3.78. The summed E-state index contributed by atoms with van der Waals surface area (Å²) in [5.74, 6) is -1.12. The van der Waals surface area contributed by atoms with E-state index in [4.69, 9.17) is 16.7 Å². The van der Waals surface area contributed by atoms with E-state index in [-0.39, 0.29) is 18.4 Å². The van der Waals surface area contributed by atoms with Crippen molar-refractivity contribution in [3.63, 3.8) is 0 Å². The van der Waals surface area contributed by atoms with Crippen molar-refractivity contribution in [2.75, 3.05) is 24.5 Å². The number of rotatable bonds is 7. The number of halogens is 1. The van der Waals surface area contributed by atoms with Crippen LogP contribution in [0, 0.1) is 0 Å². The van der Waals surface area contributed by atoms with Crippen molar-refractivity contribution < 1.29 is 19.5 Å². The van der Waals surface area contributed by atoms with Gasteiger partial charge in [-0.05, 0) is 31.0 Å². The lowest BCUT2D eigenvalue weighted by Crippen LogP contribution is -2.29. The molecule has 0 atom stereocenters. The lowest BCUT2D eigenvalue weighted by molar-refractivity contribution is -0.137. The topological polar surface area (TPSA) is 98.7 Å². The summed E-state index contributed by atoms with van der Waals surface area (Å²) in [6.45, 7) is 1.43. The molecule has 0 radical (unpaired) electrons. The minimum Gasteiger partial charge on any atom is -0.481 e. The van der Waals surface area contributed by atoms with Crippen LogP contribution in [0.5, 0.6) is 0 Å². The van der Waals surface area contributed by atoms with Crippen molar-refractivity contribution in [2.24, 2.45) is 0 Å². The molecule has 0 unspecified atom stereocenters. The van der Waals surface area contributed by atoms with Gasteiger partial charge in [0.15, 0.2) is 0 Å². The molecule has 0 aromatic heterocycles. The maximum absolute atomic E-state index is 12.1. The number of nitrogens with one attached hydrogen (secondary N) is 2. The van der Waals surface area contributed by atoms with Gasteiger partial charge >= 0.3 is 12.0 Å². The summed E-state index contributed by atoms with van der Waals surface area (Å²) in [7, 11) is 0. The third-order valence-electron chi connectivity index (χ3n) is 3.46. The first-order valence-electron chi connectivity index (χ1n) is 7.34. The fourth-order valence-corrected chi connectivity index (χ4v) is 2.49. The van der Waals surface area contributed by atoms with E-state index in [1.54, 1.807) is 18.2 Å². The van der Waals surface area contributed by atoms with Gasteiger partial charge in [-0.1, -0.05) is 11.6 Å². The van der Waals surface area contributed by atoms with Crippen LogP contribution in [0.1, 0.15) is 29.6 Å². The van der Waals surface area contributed by atoms with Crippen LogP contribution in [0.25, 0.3) is 0 Å². The molecule has 3 N–H and O–H groups in total. The van der Waals surface area contributed by atoms with Gasteiger partial charge in [0.1, 0.15) is 0 Å². The van der Waals surface area contributed by atoms with Gasteiger partial charge < -0.3 is 15.7 Å². The number of carboxylic acids is 1. The number of benzene rings is 1. The number of carboxylic acid groups (broad SMARTS) is 1. The predicted octanol–water partition coefficient (Wildman–Crippen LogP) is 1.85. The van der Waals surface area contributed by atoms with E-state index < -0.39 is 5.97 Å². The van der Waals surface area contributed by atoms with E-state index in [0.717, 1.165) is 0 Å². The average molecular weight is 340 g/mol. The standard InChI is InChI=1S/C15H18ClN3O4/c16-11-5-4-10(9-12(11)19-8-7-18-15(19)23)14(22)17-6-2-1-3-13(20)21/h4-5,9H,1-3,6-8H2,(H,17,22)(H,18,23)(H,20,21). The van der Waals surface area contributed by atoms with Gasteiger partial charge in [0.05, 0.1) is 10.7 Å². The normalized spacial score (nSPS) is 13.8. The zero-order valence-electron chi connectivity index (χ0n) is 12.5. The summed E-state index contributed by atoms with van der Waals surface area (Å²) < 4.78 is 0. The van der Waals surface area contributed by atoms with Crippen molar-refractivity contribution in [2.45, 2.75) is 19.3 Å². The van der Waals surface area contributed by atoms with Gasteiger partial charge in [0.25, 0.3) is 5.91 Å². The van der Waals surface area contributed by atoms with Crippen molar-refractivity contribution in [1.82, 2.24) is 10.6 Å².